The van der Waals surface area contributed by atoms with Crippen LogP contribution in [0, 0.1) is 0 Å². The van der Waals surface area contributed by atoms with Gasteiger partial charge < -0.3 is 11.1 Å². The molecule has 11 heteroatoms. The molecular formula is C19H22F3N7O. The van der Waals surface area contributed by atoms with Gasteiger partial charge in [-0.3, -0.25) is 14.0 Å². The van der Waals surface area contributed by atoms with Crippen molar-refractivity contribution in [3.8, 4) is 5.82 Å². The second-order valence-corrected chi connectivity index (χ2v) is 7.51. The van der Waals surface area contributed by atoms with Crippen molar-refractivity contribution < 1.29 is 18.0 Å². The van der Waals surface area contributed by atoms with Crippen LogP contribution in [0.3, 0.4) is 0 Å². The van der Waals surface area contributed by atoms with Gasteiger partial charge in [-0.2, -0.15) is 18.3 Å². The Kier molecular flexibility index (Phi) is 5.46. The van der Waals surface area contributed by atoms with E-state index in [0.717, 1.165) is 31.1 Å². The lowest BCUT2D eigenvalue weighted by atomic mass is 9.91. The fourth-order valence-corrected chi connectivity index (χ4v) is 3.98. The number of amides is 1. The van der Waals surface area contributed by atoms with E-state index in [0.29, 0.717) is 11.3 Å². The molecule has 3 aromatic rings. The van der Waals surface area contributed by atoms with E-state index in [1.54, 1.807) is 34.2 Å². The van der Waals surface area contributed by atoms with Crippen molar-refractivity contribution in [2.24, 2.45) is 5.73 Å². The number of hydrogen-bond acceptors (Lipinski definition) is 5. The van der Waals surface area contributed by atoms with Crippen LogP contribution in [0.2, 0.25) is 0 Å². The van der Waals surface area contributed by atoms with Crippen LogP contribution in [-0.2, 0) is 0 Å². The van der Waals surface area contributed by atoms with Crippen molar-refractivity contribution in [1.29, 1.82) is 0 Å². The number of primary amides is 1. The molecule has 0 bridgehead atoms. The van der Waals surface area contributed by atoms with Gasteiger partial charge in [0.25, 0.3) is 5.91 Å². The third-order valence-electron chi connectivity index (χ3n) is 5.45. The van der Waals surface area contributed by atoms with Gasteiger partial charge in [0, 0.05) is 30.4 Å². The number of nitrogens with two attached hydrogens (primary N) is 1. The summed E-state index contributed by atoms with van der Waals surface area (Å²) in [6.45, 7) is -0.0731. The second kappa shape index (κ2) is 8.05. The number of carbonyl (C=O) groups is 1. The van der Waals surface area contributed by atoms with Crippen molar-refractivity contribution in [2.45, 2.75) is 50.4 Å². The lowest BCUT2D eigenvalue weighted by Gasteiger charge is -2.30. The standard InChI is InChI=1S/C19H22F3N7O/c20-19(21,22)5-6-25-13-1-3-14(4-2-13)29-17-12(10-26-29)9-15(27-16(17)18(23)30)28-8-7-24-11-28/h7-11,13-14,25H,1-6H2,(H2,23,30). The smallest absolute Gasteiger partial charge is 0.364 e. The van der Waals surface area contributed by atoms with Crippen LogP contribution in [0.4, 0.5) is 13.2 Å². The van der Waals surface area contributed by atoms with Crippen molar-refractivity contribution in [3.05, 3.63) is 36.7 Å². The Balaban J connectivity index is 1.52. The maximum atomic E-state index is 12.3. The first kappa shape index (κ1) is 20.3. The Morgan fingerprint density at radius 2 is 2.03 bits per heavy atom. The number of nitrogens with one attached hydrogen (secondary N) is 1. The molecule has 30 heavy (non-hydrogen) atoms. The van der Waals surface area contributed by atoms with Gasteiger partial charge in [0.1, 0.15) is 17.7 Å². The number of carbonyl (C=O) groups excluding carboxylic acids is 1. The lowest BCUT2D eigenvalue weighted by Crippen LogP contribution is -2.36. The summed E-state index contributed by atoms with van der Waals surface area (Å²) >= 11 is 0. The Morgan fingerprint density at radius 3 is 2.67 bits per heavy atom. The van der Waals surface area contributed by atoms with E-state index in [4.69, 9.17) is 5.73 Å². The molecular weight excluding hydrogens is 399 g/mol. The van der Waals surface area contributed by atoms with E-state index in [1.807, 2.05) is 6.07 Å². The highest BCUT2D eigenvalue weighted by Gasteiger charge is 2.29. The van der Waals surface area contributed by atoms with Gasteiger partial charge in [-0.15, -0.1) is 0 Å². The number of pyridine rings is 1. The molecule has 3 aromatic heterocycles. The molecule has 0 atom stereocenters. The number of alkyl halides is 3. The van der Waals surface area contributed by atoms with Gasteiger partial charge in [0.05, 0.1) is 18.7 Å². The zero-order chi connectivity index (χ0) is 21.3. The molecule has 1 aliphatic rings. The minimum absolute atomic E-state index is 0.0298. The van der Waals surface area contributed by atoms with Gasteiger partial charge in [-0.05, 0) is 31.7 Å². The highest BCUT2D eigenvalue weighted by molar-refractivity contribution is 6.03. The third kappa shape index (κ3) is 4.30. The van der Waals surface area contributed by atoms with Crippen LogP contribution < -0.4 is 11.1 Å². The molecule has 0 aromatic carbocycles. The van der Waals surface area contributed by atoms with Crippen LogP contribution in [0.15, 0.2) is 31.0 Å². The minimum atomic E-state index is -4.15. The first-order valence-electron chi connectivity index (χ1n) is 9.78. The van der Waals surface area contributed by atoms with E-state index in [1.165, 1.54) is 0 Å². The number of hydrogen-bond donors (Lipinski definition) is 2. The molecule has 3 heterocycles. The highest BCUT2D eigenvalue weighted by atomic mass is 19.4. The monoisotopic (exact) mass is 421 g/mol. The first-order chi connectivity index (χ1) is 14.3. The average molecular weight is 421 g/mol. The Bertz CT molecular complexity index is 1020. The second-order valence-electron chi connectivity index (χ2n) is 7.51. The zero-order valence-corrected chi connectivity index (χ0v) is 16.1. The molecule has 1 aliphatic carbocycles. The predicted molar refractivity (Wildman–Crippen MR) is 103 cm³/mol. The summed E-state index contributed by atoms with van der Waals surface area (Å²) in [5, 5.41) is 8.21. The molecule has 1 saturated carbocycles. The Labute approximate surface area is 170 Å². The Morgan fingerprint density at radius 1 is 1.27 bits per heavy atom. The summed E-state index contributed by atoms with van der Waals surface area (Å²) in [6, 6.07) is 1.89. The molecule has 160 valence electrons. The van der Waals surface area contributed by atoms with Crippen LogP contribution >= 0.6 is 0 Å². The van der Waals surface area contributed by atoms with E-state index in [9.17, 15) is 18.0 Å². The normalized spacial score (nSPS) is 20.0. The first-order valence-corrected chi connectivity index (χ1v) is 9.78. The fourth-order valence-electron chi connectivity index (χ4n) is 3.98. The lowest BCUT2D eigenvalue weighted by molar-refractivity contribution is -0.133. The quantitative estimate of drug-likeness (QED) is 0.637. The topological polar surface area (TPSA) is 104 Å². The molecule has 4 rings (SSSR count). The highest BCUT2D eigenvalue weighted by Crippen LogP contribution is 2.32. The summed E-state index contributed by atoms with van der Waals surface area (Å²) in [4.78, 5) is 20.5. The van der Waals surface area contributed by atoms with E-state index >= 15 is 0 Å². The summed E-state index contributed by atoms with van der Waals surface area (Å²) in [5.74, 6) is -0.128. The van der Waals surface area contributed by atoms with Gasteiger partial charge in [-0.25, -0.2) is 9.97 Å². The van der Waals surface area contributed by atoms with Gasteiger partial charge >= 0.3 is 6.18 Å². The molecule has 1 fully saturated rings. The van der Waals surface area contributed by atoms with Gasteiger partial charge in [-0.1, -0.05) is 0 Å². The van der Waals surface area contributed by atoms with Crippen LogP contribution in [0.5, 0.6) is 0 Å². The Hall–Kier alpha value is -2.95. The van der Waals surface area contributed by atoms with Crippen molar-refractivity contribution >= 4 is 16.8 Å². The predicted octanol–water partition coefficient (Wildman–Crippen LogP) is 2.74. The van der Waals surface area contributed by atoms with E-state index in [2.05, 4.69) is 20.4 Å². The molecule has 0 radical (unpaired) electrons. The molecule has 3 N–H and O–H groups in total. The summed E-state index contributed by atoms with van der Waals surface area (Å²) in [5.41, 5.74) is 6.32. The molecule has 0 saturated heterocycles. The number of rotatable bonds is 6. The number of fused-ring (bicyclic) bond motifs is 1. The molecule has 8 nitrogen and oxygen atoms in total. The van der Waals surface area contributed by atoms with Crippen molar-refractivity contribution in [1.82, 2.24) is 29.6 Å². The zero-order valence-electron chi connectivity index (χ0n) is 16.1. The maximum absolute atomic E-state index is 12.3. The maximum Gasteiger partial charge on any atom is 0.390 e. The van der Waals surface area contributed by atoms with E-state index < -0.39 is 18.5 Å². The van der Waals surface area contributed by atoms with Gasteiger partial charge in [0.2, 0.25) is 0 Å². The summed E-state index contributed by atoms with van der Waals surface area (Å²) in [6.07, 6.45) is 4.55. The SMILES string of the molecule is NC(=O)c1nc(-n2ccnc2)cc2cnn(C3CCC(NCCC(F)(F)F)CC3)c12. The number of imidazole rings is 1. The molecule has 1 amide bonds. The van der Waals surface area contributed by atoms with Crippen LogP contribution in [0.1, 0.15) is 48.6 Å². The number of nitrogens with zero attached hydrogens (tertiary/aromatic N) is 5. The summed E-state index contributed by atoms with van der Waals surface area (Å²) < 4.78 is 40.4. The largest absolute Gasteiger partial charge is 0.390 e. The van der Waals surface area contributed by atoms with E-state index in [-0.39, 0.29) is 24.3 Å². The van der Waals surface area contributed by atoms with Crippen molar-refractivity contribution in [2.75, 3.05) is 6.54 Å². The fraction of sp³-hybridized carbons (Fsp3) is 0.474. The van der Waals surface area contributed by atoms with Gasteiger partial charge in [0.15, 0.2) is 5.69 Å². The van der Waals surface area contributed by atoms with Crippen LogP contribution in [-0.4, -0.2) is 49.0 Å². The molecule has 0 unspecified atom stereocenters. The van der Waals surface area contributed by atoms with Crippen molar-refractivity contribution in [3.63, 3.8) is 0 Å². The molecule has 0 aliphatic heterocycles. The van der Waals surface area contributed by atoms with Crippen LogP contribution in [0.25, 0.3) is 16.7 Å². The average Bonchev–Trinajstić information content (AvgIpc) is 3.37. The summed E-state index contributed by atoms with van der Waals surface area (Å²) in [7, 11) is 0. The number of halogens is 3. The molecule has 0 spiro atoms. The third-order valence-corrected chi connectivity index (χ3v) is 5.45. The minimum Gasteiger partial charge on any atom is -0.364 e. The number of aromatic nitrogens is 5.